The molecular formula is C64H118N2O14. The Balaban J connectivity index is 5.23. The summed E-state index contributed by atoms with van der Waals surface area (Å²) in [6, 6.07) is 0. The maximum Gasteiger partial charge on any atom is 0.409 e. The second kappa shape index (κ2) is 58.7. The topological polar surface area (TPSA) is 175 Å². The highest BCUT2D eigenvalue weighted by Crippen LogP contribution is 2.14. The van der Waals surface area contributed by atoms with Crippen LogP contribution in [0.2, 0.25) is 0 Å². The molecule has 0 saturated carbocycles. The highest BCUT2D eigenvalue weighted by Gasteiger charge is 2.24. The molecular weight excluding hydrogens is 1020 g/mol. The van der Waals surface area contributed by atoms with Crippen LogP contribution in [0.5, 0.6) is 0 Å². The Morgan fingerprint density at radius 1 is 0.362 bits per heavy atom. The Morgan fingerprint density at radius 2 is 0.738 bits per heavy atom. The normalized spacial score (nSPS) is 12.3. The summed E-state index contributed by atoms with van der Waals surface area (Å²) in [5, 5.41) is 0. The Morgan fingerprint density at radius 3 is 1.14 bits per heavy atom. The summed E-state index contributed by atoms with van der Waals surface area (Å²) in [6.45, 7) is 16.0. The highest BCUT2D eigenvalue weighted by atomic mass is 16.6. The number of unbranched alkanes of at least 4 members (excludes halogenated alkanes) is 20. The fourth-order valence-corrected chi connectivity index (χ4v) is 8.43. The maximum atomic E-state index is 13.5. The molecule has 468 valence electrons. The number of amides is 1. The lowest BCUT2D eigenvalue weighted by atomic mass is 10.1. The Hall–Kier alpha value is -3.49. The van der Waals surface area contributed by atoms with E-state index in [4.69, 9.17) is 42.6 Å². The number of esters is 4. The van der Waals surface area contributed by atoms with Crippen molar-refractivity contribution in [2.24, 2.45) is 5.92 Å². The first-order chi connectivity index (χ1) is 39.0. The van der Waals surface area contributed by atoms with Crippen molar-refractivity contribution in [3.8, 4) is 11.8 Å². The molecule has 2 unspecified atom stereocenters. The van der Waals surface area contributed by atoms with Crippen molar-refractivity contribution >= 4 is 30.0 Å². The van der Waals surface area contributed by atoms with Crippen molar-refractivity contribution in [3.05, 3.63) is 0 Å². The molecule has 0 fully saturated rings. The summed E-state index contributed by atoms with van der Waals surface area (Å²) in [4.78, 5) is 68.6. The van der Waals surface area contributed by atoms with Crippen LogP contribution in [-0.4, -0.2) is 158 Å². The SMILES string of the molecule is CCCCC#CCCOC(=O)N(CCCN(C)C)CC(COC(=O)CCCCCCC(=O)OCC(COCCCCCC)OCCCCCC)COC(=O)CCCCCCC(=O)OCC(COCCCCCC)OCCCCCC. The summed E-state index contributed by atoms with van der Waals surface area (Å²) in [5.74, 6) is 4.42. The number of nitrogens with zero attached hydrogens (tertiary/aromatic N) is 2. The second-order valence-corrected chi connectivity index (χ2v) is 21.7. The van der Waals surface area contributed by atoms with Crippen LogP contribution >= 0.6 is 0 Å². The summed E-state index contributed by atoms with van der Waals surface area (Å²) in [7, 11) is 3.94. The van der Waals surface area contributed by atoms with Crippen LogP contribution in [0.1, 0.15) is 247 Å². The number of rotatable bonds is 58. The maximum absolute atomic E-state index is 13.5. The molecule has 0 aromatic carbocycles. The molecule has 0 aliphatic heterocycles. The standard InChI is InChI=1S/C64H118N2O14/c1-8-13-18-23-28-37-49-76-64(71)66(44-38-43-65(6)7)50-57(51-77-60(67)39-29-24-26-31-41-62(69)79-55-58(74-47-35-21-16-11-4)53-72-45-33-19-14-9-2)52-78-61(68)40-30-25-27-32-42-63(70)80-56-59(75-48-36-22-17-12-5)54-73-46-34-20-15-10-3/h57-59H,8-22,24-27,29-56H2,1-7H3. The number of carbonyl (C=O) groups is 5. The van der Waals surface area contributed by atoms with E-state index in [0.29, 0.717) is 84.7 Å². The van der Waals surface area contributed by atoms with Crippen molar-refractivity contribution < 1.29 is 66.6 Å². The number of hydrogen-bond donors (Lipinski definition) is 0. The minimum atomic E-state index is -0.493. The van der Waals surface area contributed by atoms with Gasteiger partial charge in [0, 0.05) is 84.0 Å². The van der Waals surface area contributed by atoms with Crippen LogP contribution in [0.25, 0.3) is 0 Å². The van der Waals surface area contributed by atoms with E-state index in [9.17, 15) is 24.0 Å². The van der Waals surface area contributed by atoms with Gasteiger partial charge in [-0.1, -0.05) is 150 Å². The van der Waals surface area contributed by atoms with Crippen molar-refractivity contribution in [3.63, 3.8) is 0 Å². The van der Waals surface area contributed by atoms with Gasteiger partial charge in [-0.15, -0.1) is 5.92 Å². The molecule has 0 heterocycles. The molecule has 0 rings (SSSR count). The molecule has 0 aliphatic rings. The predicted octanol–water partition coefficient (Wildman–Crippen LogP) is 13.6. The van der Waals surface area contributed by atoms with Gasteiger partial charge in [0.1, 0.15) is 32.0 Å². The molecule has 0 aromatic rings. The fourth-order valence-electron chi connectivity index (χ4n) is 8.43. The number of ether oxygens (including phenoxy) is 9. The molecule has 1 amide bonds. The summed E-state index contributed by atoms with van der Waals surface area (Å²) < 4.78 is 52.2. The zero-order valence-corrected chi connectivity index (χ0v) is 52.1. The van der Waals surface area contributed by atoms with E-state index >= 15 is 0 Å². The van der Waals surface area contributed by atoms with Gasteiger partial charge in [-0.25, -0.2) is 4.79 Å². The molecule has 16 heteroatoms. The largest absolute Gasteiger partial charge is 0.465 e. The zero-order valence-electron chi connectivity index (χ0n) is 52.1. The van der Waals surface area contributed by atoms with E-state index in [1.165, 1.54) is 38.5 Å². The van der Waals surface area contributed by atoms with Crippen molar-refractivity contribution in [1.82, 2.24) is 9.80 Å². The average Bonchev–Trinajstić information content (AvgIpc) is 3.45. The van der Waals surface area contributed by atoms with Gasteiger partial charge in [-0.3, -0.25) is 19.2 Å². The van der Waals surface area contributed by atoms with Gasteiger partial charge >= 0.3 is 30.0 Å². The third-order valence-corrected chi connectivity index (χ3v) is 13.4. The number of carbonyl (C=O) groups excluding carboxylic acids is 5. The van der Waals surface area contributed by atoms with Crippen LogP contribution in [0, 0.1) is 17.8 Å². The summed E-state index contributed by atoms with van der Waals surface area (Å²) >= 11 is 0. The van der Waals surface area contributed by atoms with E-state index in [2.05, 4.69) is 46.5 Å². The van der Waals surface area contributed by atoms with E-state index < -0.39 is 12.0 Å². The van der Waals surface area contributed by atoms with Gasteiger partial charge in [0.15, 0.2) is 0 Å². The van der Waals surface area contributed by atoms with Crippen LogP contribution < -0.4 is 0 Å². The van der Waals surface area contributed by atoms with Crippen LogP contribution in [0.4, 0.5) is 4.79 Å². The summed E-state index contributed by atoms with van der Waals surface area (Å²) in [5.41, 5.74) is 0. The van der Waals surface area contributed by atoms with Gasteiger partial charge in [0.05, 0.1) is 26.4 Å². The van der Waals surface area contributed by atoms with Crippen LogP contribution in [0.3, 0.4) is 0 Å². The van der Waals surface area contributed by atoms with E-state index in [1.54, 1.807) is 4.90 Å². The molecule has 0 bridgehead atoms. The van der Waals surface area contributed by atoms with Gasteiger partial charge in [-0.2, -0.15) is 0 Å². The number of hydrogen-bond acceptors (Lipinski definition) is 15. The smallest absolute Gasteiger partial charge is 0.409 e. The second-order valence-electron chi connectivity index (χ2n) is 21.7. The molecule has 0 saturated heterocycles. The molecule has 2 atom stereocenters. The predicted molar refractivity (Wildman–Crippen MR) is 318 cm³/mol. The van der Waals surface area contributed by atoms with Gasteiger partial charge in [-0.05, 0) is 84.8 Å². The zero-order chi connectivity index (χ0) is 58.8. The van der Waals surface area contributed by atoms with Gasteiger partial charge in [0.2, 0.25) is 0 Å². The Kier molecular flexibility index (Phi) is 56.1. The molecule has 0 aliphatic carbocycles. The molecule has 0 spiro atoms. The summed E-state index contributed by atoms with van der Waals surface area (Å²) in [6.07, 6.45) is 27.2. The van der Waals surface area contributed by atoms with Crippen molar-refractivity contribution in [2.45, 2.75) is 259 Å². The van der Waals surface area contributed by atoms with Crippen molar-refractivity contribution in [1.29, 1.82) is 0 Å². The molecule has 0 N–H and O–H groups in total. The van der Waals surface area contributed by atoms with Crippen LogP contribution in [0.15, 0.2) is 0 Å². The monoisotopic (exact) mass is 1140 g/mol. The first kappa shape index (κ1) is 76.5. The fraction of sp³-hybridized carbons (Fsp3) is 0.891. The highest BCUT2D eigenvalue weighted by molar-refractivity contribution is 5.71. The molecule has 16 nitrogen and oxygen atoms in total. The molecule has 0 aromatic heterocycles. The van der Waals surface area contributed by atoms with E-state index in [0.717, 1.165) is 116 Å². The first-order valence-corrected chi connectivity index (χ1v) is 32.0. The van der Waals surface area contributed by atoms with Gasteiger partial charge in [0.25, 0.3) is 0 Å². The van der Waals surface area contributed by atoms with Crippen LogP contribution in [-0.2, 0) is 61.8 Å². The first-order valence-electron chi connectivity index (χ1n) is 32.0. The minimum absolute atomic E-state index is 0.0420. The van der Waals surface area contributed by atoms with Gasteiger partial charge < -0.3 is 52.4 Å². The van der Waals surface area contributed by atoms with E-state index in [1.807, 2.05) is 19.0 Å². The third-order valence-electron chi connectivity index (χ3n) is 13.4. The molecule has 0 radical (unpaired) electrons. The Labute approximate surface area is 487 Å². The minimum Gasteiger partial charge on any atom is -0.465 e. The van der Waals surface area contributed by atoms with E-state index in [-0.39, 0.29) is 101 Å². The quantitative estimate of drug-likeness (QED) is 0.0243. The third kappa shape index (κ3) is 52.6. The Bertz CT molecular complexity index is 1440. The lowest BCUT2D eigenvalue weighted by molar-refractivity contribution is -0.151. The average molecular weight is 1140 g/mol. The molecule has 80 heavy (non-hydrogen) atoms. The van der Waals surface area contributed by atoms with Crippen molar-refractivity contribution in [2.75, 3.05) is 106 Å². The lowest BCUT2D eigenvalue weighted by Gasteiger charge is -2.27. The lowest BCUT2D eigenvalue weighted by Crippen LogP contribution is -2.40.